The zero-order valence-electron chi connectivity index (χ0n) is 25.5. The van der Waals surface area contributed by atoms with Crippen LogP contribution in [0, 0.1) is 21.7 Å². The summed E-state index contributed by atoms with van der Waals surface area (Å²) >= 11 is 0. The Morgan fingerprint density at radius 3 is 0.971 bits per heavy atom. The van der Waals surface area contributed by atoms with E-state index in [1.54, 1.807) is 0 Å². The van der Waals surface area contributed by atoms with Gasteiger partial charge >= 0.3 is 0 Å². The minimum atomic E-state index is 0.210. The zero-order chi connectivity index (χ0) is 26.1. The number of hydrogen-bond acceptors (Lipinski definition) is 2. The van der Waals surface area contributed by atoms with Crippen molar-refractivity contribution < 1.29 is 9.78 Å². The van der Waals surface area contributed by atoms with Gasteiger partial charge in [-0.3, -0.25) is 0 Å². The first-order valence-electron chi connectivity index (χ1n) is 15.1. The Morgan fingerprint density at radius 2 is 0.676 bits per heavy atom. The molecule has 0 saturated heterocycles. The van der Waals surface area contributed by atoms with Gasteiger partial charge in [0.2, 0.25) is 0 Å². The molecule has 2 unspecified atom stereocenters. The van der Waals surface area contributed by atoms with Crippen LogP contribution in [0.25, 0.3) is 0 Å². The van der Waals surface area contributed by atoms with Crippen LogP contribution in [0.1, 0.15) is 172 Å². The molecule has 0 saturated carbocycles. The van der Waals surface area contributed by atoms with Crippen molar-refractivity contribution in [3.8, 4) is 0 Å². The Kier molecular flexibility index (Phi) is 17.3. The van der Waals surface area contributed by atoms with Crippen molar-refractivity contribution in [2.24, 2.45) is 21.7 Å². The average molecular weight is 483 g/mol. The minimum Gasteiger partial charge on any atom is -0.236 e. The monoisotopic (exact) mass is 483 g/mol. The van der Waals surface area contributed by atoms with E-state index in [4.69, 9.17) is 9.78 Å². The van der Waals surface area contributed by atoms with Gasteiger partial charge in [-0.15, -0.1) is 0 Å². The second kappa shape index (κ2) is 17.4. The standard InChI is InChI=1S/C32H66O2/c1-11-15-19-29(5,6)23-25-31(9,21-17-13-3)27-33-34-28-32(10,22-18-14-4)26-24-30(7,8)20-16-12-2/h11-28H2,1-10H3. The van der Waals surface area contributed by atoms with Crippen molar-refractivity contribution in [3.05, 3.63) is 0 Å². The maximum absolute atomic E-state index is 6.01. The Morgan fingerprint density at radius 1 is 0.382 bits per heavy atom. The van der Waals surface area contributed by atoms with E-state index in [1.165, 1.54) is 103 Å². The maximum Gasteiger partial charge on any atom is 0.0875 e. The van der Waals surface area contributed by atoms with Gasteiger partial charge in [0.15, 0.2) is 0 Å². The summed E-state index contributed by atoms with van der Waals surface area (Å²) < 4.78 is 0. The van der Waals surface area contributed by atoms with Crippen molar-refractivity contribution in [2.75, 3.05) is 13.2 Å². The van der Waals surface area contributed by atoms with Crippen LogP contribution in [0.5, 0.6) is 0 Å². The highest BCUT2D eigenvalue weighted by atomic mass is 17.2. The van der Waals surface area contributed by atoms with Crippen molar-refractivity contribution in [1.29, 1.82) is 0 Å². The lowest BCUT2D eigenvalue weighted by molar-refractivity contribution is -0.324. The highest BCUT2D eigenvalue weighted by molar-refractivity contribution is 4.80. The van der Waals surface area contributed by atoms with Crippen LogP contribution < -0.4 is 0 Å². The predicted octanol–water partition coefficient (Wildman–Crippen LogP) is 11.3. The van der Waals surface area contributed by atoms with E-state index >= 15 is 0 Å². The average Bonchev–Trinajstić information content (AvgIpc) is 2.80. The fraction of sp³-hybridized carbons (Fsp3) is 1.00. The van der Waals surface area contributed by atoms with Gasteiger partial charge in [0.25, 0.3) is 0 Å². The van der Waals surface area contributed by atoms with E-state index in [9.17, 15) is 0 Å². The number of hydrogen-bond donors (Lipinski definition) is 0. The first-order valence-corrected chi connectivity index (χ1v) is 15.1. The summed E-state index contributed by atoms with van der Waals surface area (Å²) in [5.74, 6) is 0. The summed E-state index contributed by atoms with van der Waals surface area (Å²) in [7, 11) is 0. The van der Waals surface area contributed by atoms with Gasteiger partial charge in [-0.2, -0.15) is 0 Å². The van der Waals surface area contributed by atoms with Gasteiger partial charge < -0.3 is 0 Å². The molecule has 0 aromatic rings. The molecule has 0 amide bonds. The molecule has 34 heavy (non-hydrogen) atoms. The van der Waals surface area contributed by atoms with Crippen LogP contribution >= 0.6 is 0 Å². The molecule has 206 valence electrons. The van der Waals surface area contributed by atoms with Crippen molar-refractivity contribution >= 4 is 0 Å². The third-order valence-corrected chi connectivity index (χ3v) is 8.39. The Bertz CT molecular complexity index is 439. The second-order valence-corrected chi connectivity index (χ2v) is 13.9. The molecule has 0 heterocycles. The second-order valence-electron chi connectivity index (χ2n) is 13.9. The van der Waals surface area contributed by atoms with Gasteiger partial charge in [0.1, 0.15) is 0 Å². The topological polar surface area (TPSA) is 18.5 Å². The molecular weight excluding hydrogens is 416 g/mol. The number of unbranched alkanes of at least 4 members (excludes halogenated alkanes) is 4. The highest BCUT2D eigenvalue weighted by Gasteiger charge is 2.31. The van der Waals surface area contributed by atoms with Gasteiger partial charge in [-0.05, 0) is 73.0 Å². The molecule has 2 nitrogen and oxygen atoms in total. The lowest BCUT2D eigenvalue weighted by Gasteiger charge is -2.35. The predicted molar refractivity (Wildman–Crippen MR) is 152 cm³/mol. The van der Waals surface area contributed by atoms with E-state index in [0.717, 1.165) is 13.2 Å². The third-order valence-electron chi connectivity index (χ3n) is 8.39. The maximum atomic E-state index is 6.01. The van der Waals surface area contributed by atoms with Crippen LogP contribution in [0.2, 0.25) is 0 Å². The lowest BCUT2D eigenvalue weighted by Crippen LogP contribution is -2.29. The molecule has 0 fully saturated rings. The Labute approximate surface area is 216 Å². The van der Waals surface area contributed by atoms with E-state index in [2.05, 4.69) is 69.2 Å². The van der Waals surface area contributed by atoms with Gasteiger partial charge in [0.05, 0.1) is 13.2 Å². The van der Waals surface area contributed by atoms with Crippen LogP contribution in [-0.2, 0) is 9.78 Å². The Hall–Kier alpha value is -0.0800. The molecule has 0 aromatic carbocycles. The normalized spacial score (nSPS) is 16.4. The summed E-state index contributed by atoms with van der Waals surface area (Å²) in [4.78, 5) is 12.0. The molecular formula is C32H66O2. The minimum absolute atomic E-state index is 0.210. The summed E-state index contributed by atoms with van der Waals surface area (Å²) in [6.45, 7) is 25.3. The lowest BCUT2D eigenvalue weighted by atomic mass is 9.74. The molecule has 2 heteroatoms. The van der Waals surface area contributed by atoms with E-state index in [1.807, 2.05) is 0 Å². The molecule has 0 aliphatic rings. The largest absolute Gasteiger partial charge is 0.236 e. The van der Waals surface area contributed by atoms with E-state index < -0.39 is 0 Å². The van der Waals surface area contributed by atoms with Crippen LogP contribution in [0.3, 0.4) is 0 Å². The molecule has 2 atom stereocenters. The first kappa shape index (κ1) is 33.9. The van der Waals surface area contributed by atoms with Gasteiger partial charge in [0, 0.05) is 0 Å². The Balaban J connectivity index is 4.87. The van der Waals surface area contributed by atoms with Crippen molar-refractivity contribution in [3.63, 3.8) is 0 Å². The molecule has 0 radical (unpaired) electrons. The summed E-state index contributed by atoms with van der Waals surface area (Å²) in [6, 6.07) is 0. The van der Waals surface area contributed by atoms with Crippen molar-refractivity contribution in [1.82, 2.24) is 0 Å². The first-order chi connectivity index (χ1) is 15.9. The van der Waals surface area contributed by atoms with E-state index in [0.29, 0.717) is 10.8 Å². The van der Waals surface area contributed by atoms with Crippen LogP contribution in [0.4, 0.5) is 0 Å². The molecule has 0 spiro atoms. The summed E-state index contributed by atoms with van der Waals surface area (Å²) in [5, 5.41) is 0. The highest BCUT2D eigenvalue weighted by Crippen LogP contribution is 2.39. The molecule has 0 aromatic heterocycles. The molecule has 0 aliphatic carbocycles. The zero-order valence-corrected chi connectivity index (χ0v) is 25.5. The summed E-state index contributed by atoms with van der Waals surface area (Å²) in [5.41, 5.74) is 1.27. The molecule has 0 N–H and O–H groups in total. The fourth-order valence-corrected chi connectivity index (χ4v) is 4.95. The molecule has 0 bridgehead atoms. The van der Waals surface area contributed by atoms with Gasteiger partial charge in [-0.1, -0.05) is 121 Å². The van der Waals surface area contributed by atoms with Crippen LogP contribution in [-0.4, -0.2) is 13.2 Å². The smallest absolute Gasteiger partial charge is 0.0875 e. The fourth-order valence-electron chi connectivity index (χ4n) is 4.95. The SMILES string of the molecule is CCCCC(C)(C)CCC(C)(CCCC)COOCC(C)(CCCC)CCC(C)(C)CCCC. The summed E-state index contributed by atoms with van der Waals surface area (Å²) in [6.07, 6.45) is 20.4. The van der Waals surface area contributed by atoms with E-state index in [-0.39, 0.29) is 10.8 Å². The number of rotatable bonds is 23. The quantitative estimate of drug-likeness (QED) is 0.0818. The van der Waals surface area contributed by atoms with Crippen molar-refractivity contribution in [2.45, 2.75) is 172 Å². The van der Waals surface area contributed by atoms with Gasteiger partial charge in [-0.25, -0.2) is 9.78 Å². The van der Waals surface area contributed by atoms with Crippen LogP contribution in [0.15, 0.2) is 0 Å². The molecule has 0 rings (SSSR count). The third kappa shape index (κ3) is 16.6. The molecule has 0 aliphatic heterocycles.